The molecule has 0 radical (unpaired) electrons. The number of hydrogen-bond acceptors (Lipinski definition) is 1. The Balaban J connectivity index is 2.07. The smallest absolute Gasteiger partial charge is 0.223 e. The van der Waals surface area contributed by atoms with Gasteiger partial charge in [0.05, 0.1) is 0 Å². The van der Waals surface area contributed by atoms with Crippen LogP contribution in [-0.2, 0) is 4.79 Å². The van der Waals surface area contributed by atoms with E-state index >= 15 is 0 Å². The first kappa shape index (κ1) is 11.5. The molecule has 1 aromatic carbocycles. The first-order valence-electron chi connectivity index (χ1n) is 5.74. The molecule has 0 bridgehead atoms. The standard InChI is InChI=1S/C13H16ClNO/c1-2-15-8-7-11(9-13(15)16)10-3-5-12(14)6-4-10/h3-6,11H,2,7-9H2,1H3. The highest BCUT2D eigenvalue weighted by atomic mass is 35.5. The highest BCUT2D eigenvalue weighted by molar-refractivity contribution is 6.30. The predicted molar refractivity (Wildman–Crippen MR) is 65.7 cm³/mol. The zero-order chi connectivity index (χ0) is 11.5. The van der Waals surface area contributed by atoms with Gasteiger partial charge in [-0.25, -0.2) is 0 Å². The van der Waals surface area contributed by atoms with Gasteiger partial charge in [0.2, 0.25) is 5.91 Å². The number of halogens is 1. The molecule has 0 aliphatic carbocycles. The van der Waals surface area contributed by atoms with E-state index in [0.29, 0.717) is 12.3 Å². The van der Waals surface area contributed by atoms with Crippen molar-refractivity contribution in [1.82, 2.24) is 4.90 Å². The van der Waals surface area contributed by atoms with Gasteiger partial charge in [0.25, 0.3) is 0 Å². The second-order valence-corrected chi connectivity index (χ2v) is 4.65. The van der Waals surface area contributed by atoms with E-state index in [1.807, 2.05) is 36.1 Å². The summed E-state index contributed by atoms with van der Waals surface area (Å²) in [5.41, 5.74) is 1.23. The molecule has 1 aliphatic rings. The lowest BCUT2D eigenvalue weighted by Gasteiger charge is -2.31. The van der Waals surface area contributed by atoms with Gasteiger partial charge in [-0.3, -0.25) is 4.79 Å². The van der Waals surface area contributed by atoms with Crippen LogP contribution in [0.1, 0.15) is 31.2 Å². The van der Waals surface area contributed by atoms with E-state index in [1.165, 1.54) is 5.56 Å². The number of carbonyl (C=O) groups is 1. The fourth-order valence-corrected chi connectivity index (χ4v) is 2.36. The van der Waals surface area contributed by atoms with Crippen molar-refractivity contribution in [2.75, 3.05) is 13.1 Å². The Kier molecular flexibility index (Phi) is 3.49. The van der Waals surface area contributed by atoms with E-state index < -0.39 is 0 Å². The summed E-state index contributed by atoms with van der Waals surface area (Å²) in [7, 11) is 0. The van der Waals surface area contributed by atoms with Crippen molar-refractivity contribution in [2.45, 2.75) is 25.7 Å². The summed E-state index contributed by atoms with van der Waals surface area (Å²) in [5.74, 6) is 0.640. The molecule has 1 heterocycles. The van der Waals surface area contributed by atoms with Crippen molar-refractivity contribution in [3.8, 4) is 0 Å². The van der Waals surface area contributed by atoms with Gasteiger partial charge in [-0.2, -0.15) is 0 Å². The Morgan fingerprint density at radius 1 is 1.38 bits per heavy atom. The molecular weight excluding hydrogens is 222 g/mol. The summed E-state index contributed by atoms with van der Waals surface area (Å²) < 4.78 is 0. The maximum absolute atomic E-state index is 11.8. The van der Waals surface area contributed by atoms with Gasteiger partial charge in [0.1, 0.15) is 0 Å². The molecule has 16 heavy (non-hydrogen) atoms. The summed E-state index contributed by atoms with van der Waals surface area (Å²) in [6, 6.07) is 7.85. The van der Waals surface area contributed by atoms with Crippen molar-refractivity contribution >= 4 is 17.5 Å². The lowest BCUT2D eigenvalue weighted by Crippen LogP contribution is -2.37. The Hall–Kier alpha value is -1.02. The first-order valence-corrected chi connectivity index (χ1v) is 6.11. The molecule has 1 fully saturated rings. The number of piperidine rings is 1. The predicted octanol–water partition coefficient (Wildman–Crippen LogP) is 3.07. The minimum absolute atomic E-state index is 0.272. The lowest BCUT2D eigenvalue weighted by molar-refractivity contribution is -0.133. The third-order valence-corrected chi connectivity index (χ3v) is 3.50. The van der Waals surface area contributed by atoms with E-state index in [4.69, 9.17) is 11.6 Å². The maximum atomic E-state index is 11.8. The summed E-state index contributed by atoms with van der Waals surface area (Å²) in [4.78, 5) is 13.7. The molecule has 2 rings (SSSR count). The quantitative estimate of drug-likeness (QED) is 0.774. The Morgan fingerprint density at radius 2 is 2.06 bits per heavy atom. The number of amides is 1. The Labute approximate surface area is 101 Å². The third-order valence-electron chi connectivity index (χ3n) is 3.24. The van der Waals surface area contributed by atoms with Crippen molar-refractivity contribution in [1.29, 1.82) is 0 Å². The normalized spacial score (nSPS) is 21.2. The van der Waals surface area contributed by atoms with Gasteiger partial charge in [-0.05, 0) is 37.0 Å². The zero-order valence-electron chi connectivity index (χ0n) is 9.45. The van der Waals surface area contributed by atoms with E-state index in [9.17, 15) is 4.79 Å². The fraction of sp³-hybridized carbons (Fsp3) is 0.462. The third kappa shape index (κ3) is 2.38. The van der Waals surface area contributed by atoms with Crippen LogP contribution >= 0.6 is 11.6 Å². The summed E-state index contributed by atoms with van der Waals surface area (Å²) >= 11 is 5.85. The van der Waals surface area contributed by atoms with Gasteiger partial charge in [0.15, 0.2) is 0 Å². The molecule has 0 N–H and O–H groups in total. The van der Waals surface area contributed by atoms with E-state index in [2.05, 4.69) is 0 Å². The molecule has 0 aromatic heterocycles. The molecule has 3 heteroatoms. The van der Waals surface area contributed by atoms with Gasteiger partial charge in [0, 0.05) is 24.5 Å². The van der Waals surface area contributed by atoms with E-state index in [0.717, 1.165) is 24.5 Å². The minimum Gasteiger partial charge on any atom is -0.343 e. The van der Waals surface area contributed by atoms with Gasteiger partial charge in [-0.1, -0.05) is 23.7 Å². The second kappa shape index (κ2) is 4.88. The monoisotopic (exact) mass is 237 g/mol. The molecule has 86 valence electrons. The van der Waals surface area contributed by atoms with Crippen LogP contribution in [0.4, 0.5) is 0 Å². The van der Waals surface area contributed by atoms with Crippen LogP contribution in [0.25, 0.3) is 0 Å². The van der Waals surface area contributed by atoms with Gasteiger partial charge >= 0.3 is 0 Å². The first-order chi connectivity index (χ1) is 7.70. The molecule has 1 aliphatic heterocycles. The fourth-order valence-electron chi connectivity index (χ4n) is 2.23. The summed E-state index contributed by atoms with van der Waals surface area (Å²) in [5, 5.41) is 0.751. The number of benzene rings is 1. The zero-order valence-corrected chi connectivity index (χ0v) is 10.2. The van der Waals surface area contributed by atoms with Crippen LogP contribution < -0.4 is 0 Å². The summed E-state index contributed by atoms with van der Waals surface area (Å²) in [6.45, 7) is 3.73. The van der Waals surface area contributed by atoms with Crippen LogP contribution in [0.3, 0.4) is 0 Å². The van der Waals surface area contributed by atoms with Crippen LogP contribution in [0.2, 0.25) is 5.02 Å². The number of likely N-dealkylation sites (tertiary alicyclic amines) is 1. The van der Waals surface area contributed by atoms with Crippen LogP contribution in [0.5, 0.6) is 0 Å². The highest BCUT2D eigenvalue weighted by Crippen LogP contribution is 2.29. The Morgan fingerprint density at radius 3 is 2.62 bits per heavy atom. The van der Waals surface area contributed by atoms with Crippen molar-refractivity contribution < 1.29 is 4.79 Å². The summed E-state index contributed by atoms with van der Waals surface area (Å²) in [6.07, 6.45) is 1.69. The van der Waals surface area contributed by atoms with Crippen LogP contribution in [-0.4, -0.2) is 23.9 Å². The number of hydrogen-bond donors (Lipinski definition) is 0. The molecule has 2 nitrogen and oxygen atoms in total. The minimum atomic E-state index is 0.272. The molecule has 0 saturated carbocycles. The number of carbonyl (C=O) groups excluding carboxylic acids is 1. The topological polar surface area (TPSA) is 20.3 Å². The number of nitrogens with zero attached hydrogens (tertiary/aromatic N) is 1. The van der Waals surface area contributed by atoms with Gasteiger partial charge < -0.3 is 4.90 Å². The molecule has 1 amide bonds. The second-order valence-electron chi connectivity index (χ2n) is 4.21. The van der Waals surface area contributed by atoms with Gasteiger partial charge in [-0.15, -0.1) is 0 Å². The maximum Gasteiger partial charge on any atom is 0.223 e. The number of rotatable bonds is 2. The highest BCUT2D eigenvalue weighted by Gasteiger charge is 2.25. The molecule has 0 spiro atoms. The Bertz CT molecular complexity index is 374. The average Bonchev–Trinajstić information content (AvgIpc) is 2.30. The van der Waals surface area contributed by atoms with Crippen molar-refractivity contribution in [2.24, 2.45) is 0 Å². The molecule has 1 aromatic rings. The molecule has 1 saturated heterocycles. The lowest BCUT2D eigenvalue weighted by atomic mass is 9.89. The molecular formula is C13H16ClNO. The molecule has 1 atom stereocenters. The van der Waals surface area contributed by atoms with E-state index in [-0.39, 0.29) is 5.91 Å². The van der Waals surface area contributed by atoms with Crippen LogP contribution in [0.15, 0.2) is 24.3 Å². The van der Waals surface area contributed by atoms with Crippen LogP contribution in [0, 0.1) is 0 Å². The largest absolute Gasteiger partial charge is 0.343 e. The van der Waals surface area contributed by atoms with E-state index in [1.54, 1.807) is 0 Å². The van der Waals surface area contributed by atoms with Crippen molar-refractivity contribution in [3.05, 3.63) is 34.9 Å². The van der Waals surface area contributed by atoms with Crippen molar-refractivity contribution in [3.63, 3.8) is 0 Å². The molecule has 1 unspecified atom stereocenters. The average molecular weight is 238 g/mol. The SMILES string of the molecule is CCN1CCC(c2ccc(Cl)cc2)CC1=O.